The van der Waals surface area contributed by atoms with Gasteiger partial charge in [-0.1, -0.05) is 13.3 Å². The van der Waals surface area contributed by atoms with E-state index in [0.29, 0.717) is 28.6 Å². The molecule has 0 radical (unpaired) electrons. The van der Waals surface area contributed by atoms with Crippen molar-refractivity contribution >= 4 is 11.8 Å². The van der Waals surface area contributed by atoms with Gasteiger partial charge in [-0.25, -0.2) is 4.79 Å². The van der Waals surface area contributed by atoms with Gasteiger partial charge in [0.25, 0.3) is 0 Å². The number of aryl methyl sites for hydroxylation is 1. The van der Waals surface area contributed by atoms with Crippen LogP contribution >= 0.6 is 0 Å². The number of nitrogens with zero attached hydrogens (tertiary/aromatic N) is 3. The highest BCUT2D eigenvalue weighted by molar-refractivity contribution is 5.95. The number of carboxylic acid groups (broad SMARTS) is 1. The summed E-state index contributed by atoms with van der Waals surface area (Å²) in [5.41, 5.74) is 1.70. The van der Waals surface area contributed by atoms with Crippen LogP contribution < -0.4 is 4.90 Å². The molecule has 5 nitrogen and oxygen atoms in total. The number of aromatic carboxylic acids is 1. The van der Waals surface area contributed by atoms with E-state index in [1.807, 2.05) is 0 Å². The maximum atomic E-state index is 11.4. The fourth-order valence-electron chi connectivity index (χ4n) is 2.43. The van der Waals surface area contributed by atoms with E-state index in [0.717, 1.165) is 25.9 Å². The number of hydrogen-bond acceptors (Lipinski definition) is 4. The first kappa shape index (κ1) is 12.8. The van der Waals surface area contributed by atoms with Crippen LogP contribution in [-0.2, 0) is 0 Å². The molecule has 1 aromatic rings. The highest BCUT2D eigenvalue weighted by Crippen LogP contribution is 2.28. The summed E-state index contributed by atoms with van der Waals surface area (Å²) >= 11 is 0. The van der Waals surface area contributed by atoms with Crippen molar-refractivity contribution in [3.8, 4) is 0 Å². The molecule has 1 aromatic heterocycles. The molecule has 2 heterocycles. The molecular formula is C13H19N3O2. The Hall–Kier alpha value is -1.65. The van der Waals surface area contributed by atoms with E-state index in [1.165, 1.54) is 0 Å². The average Bonchev–Trinajstić information content (AvgIpc) is 2.80. The monoisotopic (exact) mass is 249 g/mol. The molecule has 0 bridgehead atoms. The Kier molecular flexibility index (Phi) is 3.50. The number of anilines is 1. The lowest BCUT2D eigenvalue weighted by atomic mass is 10.1. The van der Waals surface area contributed by atoms with E-state index in [9.17, 15) is 9.90 Å². The molecule has 1 fully saturated rings. The van der Waals surface area contributed by atoms with Crippen LogP contribution in [0, 0.1) is 19.8 Å². The number of aromatic nitrogens is 2. The van der Waals surface area contributed by atoms with Gasteiger partial charge in [0.05, 0.1) is 5.69 Å². The van der Waals surface area contributed by atoms with Crippen LogP contribution in [-0.4, -0.2) is 34.4 Å². The summed E-state index contributed by atoms with van der Waals surface area (Å²) in [7, 11) is 0. The van der Waals surface area contributed by atoms with Crippen molar-refractivity contribution in [2.24, 2.45) is 5.92 Å². The van der Waals surface area contributed by atoms with Crippen LogP contribution in [0.1, 0.15) is 41.4 Å². The largest absolute Gasteiger partial charge is 0.478 e. The lowest BCUT2D eigenvalue weighted by molar-refractivity contribution is 0.0696. The van der Waals surface area contributed by atoms with E-state index in [2.05, 4.69) is 22.0 Å². The Labute approximate surface area is 107 Å². The van der Waals surface area contributed by atoms with E-state index in [1.54, 1.807) is 13.8 Å². The van der Waals surface area contributed by atoms with Crippen LogP contribution in [0.3, 0.4) is 0 Å². The molecule has 0 aromatic carbocycles. The fraction of sp³-hybridized carbons (Fsp3) is 0.615. The van der Waals surface area contributed by atoms with Gasteiger partial charge >= 0.3 is 5.97 Å². The van der Waals surface area contributed by atoms with Crippen LogP contribution in [0.2, 0.25) is 0 Å². The molecule has 0 saturated carbocycles. The van der Waals surface area contributed by atoms with Gasteiger partial charge in [0, 0.05) is 13.1 Å². The molecule has 0 amide bonds. The molecule has 5 heteroatoms. The standard InChI is InChI=1S/C13H19N3O2/c1-4-10-5-6-16(7-10)12-11(13(17)18)8(2)9(3)14-15-12/h10H,4-7H2,1-3H3,(H,17,18). The van der Waals surface area contributed by atoms with Gasteiger partial charge in [-0.2, -0.15) is 5.10 Å². The predicted octanol–water partition coefficient (Wildman–Crippen LogP) is 2.03. The van der Waals surface area contributed by atoms with Crippen molar-refractivity contribution in [3.05, 3.63) is 16.8 Å². The smallest absolute Gasteiger partial charge is 0.339 e. The summed E-state index contributed by atoms with van der Waals surface area (Å²) in [5.74, 6) is 0.247. The van der Waals surface area contributed by atoms with Crippen molar-refractivity contribution in [1.29, 1.82) is 0 Å². The molecule has 1 aliphatic heterocycles. The zero-order chi connectivity index (χ0) is 13.3. The minimum absolute atomic E-state index is 0.305. The van der Waals surface area contributed by atoms with Gasteiger partial charge in [-0.05, 0) is 31.7 Å². The molecule has 98 valence electrons. The Balaban J connectivity index is 2.39. The van der Waals surface area contributed by atoms with E-state index < -0.39 is 5.97 Å². The number of carboxylic acids is 1. The van der Waals surface area contributed by atoms with Gasteiger partial charge < -0.3 is 10.0 Å². The molecule has 1 atom stereocenters. The SMILES string of the molecule is CCC1CCN(c2nnc(C)c(C)c2C(=O)O)C1. The van der Waals surface area contributed by atoms with E-state index in [-0.39, 0.29) is 0 Å². The van der Waals surface area contributed by atoms with Crippen LogP contribution in [0.15, 0.2) is 0 Å². The number of carbonyl (C=O) groups is 1. The first-order valence-corrected chi connectivity index (χ1v) is 6.36. The summed E-state index contributed by atoms with van der Waals surface area (Å²) in [6, 6.07) is 0. The van der Waals surface area contributed by atoms with Crippen LogP contribution in [0.25, 0.3) is 0 Å². The molecule has 1 aliphatic rings. The second kappa shape index (κ2) is 4.92. The van der Waals surface area contributed by atoms with Gasteiger partial charge in [0.15, 0.2) is 5.82 Å². The lowest BCUT2D eigenvalue weighted by Crippen LogP contribution is -2.25. The normalized spacial score (nSPS) is 19.3. The highest BCUT2D eigenvalue weighted by Gasteiger charge is 2.27. The van der Waals surface area contributed by atoms with Gasteiger partial charge in [0.1, 0.15) is 5.56 Å². The van der Waals surface area contributed by atoms with Crippen molar-refractivity contribution in [2.45, 2.75) is 33.6 Å². The number of hydrogen-bond donors (Lipinski definition) is 1. The Bertz CT molecular complexity index is 474. The molecule has 1 saturated heterocycles. The quantitative estimate of drug-likeness (QED) is 0.887. The molecular weight excluding hydrogens is 230 g/mol. The van der Waals surface area contributed by atoms with Crippen molar-refractivity contribution in [3.63, 3.8) is 0 Å². The van der Waals surface area contributed by atoms with Crippen LogP contribution in [0.5, 0.6) is 0 Å². The van der Waals surface area contributed by atoms with Gasteiger partial charge in [-0.3, -0.25) is 0 Å². The second-order valence-corrected chi connectivity index (χ2v) is 4.92. The summed E-state index contributed by atoms with van der Waals surface area (Å²) in [4.78, 5) is 13.5. The average molecular weight is 249 g/mol. The Morgan fingerprint density at radius 3 is 2.72 bits per heavy atom. The van der Waals surface area contributed by atoms with Crippen molar-refractivity contribution in [1.82, 2.24) is 10.2 Å². The third kappa shape index (κ3) is 2.17. The van der Waals surface area contributed by atoms with Gasteiger partial charge in [0.2, 0.25) is 0 Å². The maximum Gasteiger partial charge on any atom is 0.339 e. The molecule has 0 aliphatic carbocycles. The Morgan fingerprint density at radius 1 is 1.44 bits per heavy atom. The summed E-state index contributed by atoms with van der Waals surface area (Å²) < 4.78 is 0. The van der Waals surface area contributed by atoms with E-state index >= 15 is 0 Å². The lowest BCUT2D eigenvalue weighted by Gasteiger charge is -2.20. The topological polar surface area (TPSA) is 66.3 Å². The summed E-state index contributed by atoms with van der Waals surface area (Å²) in [6.07, 6.45) is 2.22. The third-order valence-electron chi connectivity index (χ3n) is 3.81. The first-order valence-electron chi connectivity index (χ1n) is 6.36. The molecule has 2 rings (SSSR count). The minimum Gasteiger partial charge on any atom is -0.478 e. The number of rotatable bonds is 3. The first-order chi connectivity index (χ1) is 8.54. The van der Waals surface area contributed by atoms with Gasteiger partial charge in [-0.15, -0.1) is 5.10 Å². The summed E-state index contributed by atoms with van der Waals surface area (Å²) in [5, 5.41) is 17.5. The maximum absolute atomic E-state index is 11.4. The molecule has 1 unspecified atom stereocenters. The zero-order valence-electron chi connectivity index (χ0n) is 11.1. The third-order valence-corrected chi connectivity index (χ3v) is 3.81. The minimum atomic E-state index is -0.916. The highest BCUT2D eigenvalue weighted by atomic mass is 16.4. The Morgan fingerprint density at radius 2 is 2.17 bits per heavy atom. The predicted molar refractivity (Wildman–Crippen MR) is 69.1 cm³/mol. The zero-order valence-corrected chi connectivity index (χ0v) is 11.1. The van der Waals surface area contributed by atoms with E-state index in [4.69, 9.17) is 0 Å². The van der Waals surface area contributed by atoms with Crippen molar-refractivity contribution < 1.29 is 9.90 Å². The molecule has 1 N–H and O–H groups in total. The summed E-state index contributed by atoms with van der Waals surface area (Å²) in [6.45, 7) is 7.50. The molecule has 18 heavy (non-hydrogen) atoms. The van der Waals surface area contributed by atoms with Crippen LogP contribution in [0.4, 0.5) is 5.82 Å². The fourth-order valence-corrected chi connectivity index (χ4v) is 2.43. The molecule has 0 spiro atoms. The van der Waals surface area contributed by atoms with Crippen molar-refractivity contribution in [2.75, 3.05) is 18.0 Å². The second-order valence-electron chi connectivity index (χ2n) is 4.92.